The highest BCUT2D eigenvalue weighted by Gasteiger charge is 2.18. The van der Waals surface area contributed by atoms with Gasteiger partial charge in [-0.2, -0.15) is 0 Å². The van der Waals surface area contributed by atoms with Gasteiger partial charge in [-0.05, 0) is 65.5 Å². The van der Waals surface area contributed by atoms with E-state index in [1.807, 2.05) is 0 Å². The second-order valence-electron chi connectivity index (χ2n) is 4.23. The minimum absolute atomic E-state index is 0.0310. The summed E-state index contributed by atoms with van der Waals surface area (Å²) in [5.74, 6) is -0.972. The van der Waals surface area contributed by atoms with Crippen molar-refractivity contribution in [2.45, 2.75) is 12.6 Å². The molecule has 4 N–H and O–H groups in total. The monoisotopic (exact) mass is 481 g/mol. The molecule has 0 saturated carbocycles. The van der Waals surface area contributed by atoms with Gasteiger partial charge in [0.15, 0.2) is 4.73 Å². The van der Waals surface area contributed by atoms with Crippen LogP contribution in [0.25, 0.3) is 0 Å². The number of aliphatic hydroxyl groups excluding tert-OH is 1. The number of benzene rings is 1. The number of nitrogens with two attached hydrogens (primary N) is 1. The molecular weight excluding hydrogens is 474 g/mol. The zero-order valence-corrected chi connectivity index (χ0v) is 15.2. The summed E-state index contributed by atoms with van der Waals surface area (Å²) in [5, 5.41) is 19.8. The van der Waals surface area contributed by atoms with Crippen LogP contribution in [0.3, 0.4) is 0 Å². The number of rotatable bonds is 4. The number of aromatic hydroxyl groups is 1. The number of amides is 1. The molecule has 1 heterocycles. The molecule has 1 aromatic carbocycles. The lowest BCUT2D eigenvalue weighted by molar-refractivity contribution is 0.0997. The minimum atomic E-state index is -0.905. The van der Waals surface area contributed by atoms with Crippen molar-refractivity contribution in [2.75, 3.05) is 0 Å². The fourth-order valence-electron chi connectivity index (χ4n) is 1.77. The number of phenols is 1. The average Bonchev–Trinajstić information content (AvgIpc) is 2.65. The first-order valence-electron chi connectivity index (χ1n) is 5.69. The maximum atomic E-state index is 11.2. The van der Waals surface area contributed by atoms with E-state index in [1.54, 1.807) is 4.57 Å². The summed E-state index contributed by atoms with van der Waals surface area (Å²) in [6.45, 7) is 0.197. The number of hydrogen-bond acceptors (Lipinski definition) is 4. The highest BCUT2D eigenvalue weighted by Crippen LogP contribution is 2.30. The van der Waals surface area contributed by atoms with Gasteiger partial charge < -0.3 is 20.5 Å². The van der Waals surface area contributed by atoms with Gasteiger partial charge in [0.1, 0.15) is 15.0 Å². The summed E-state index contributed by atoms with van der Waals surface area (Å²) < 4.78 is 3.51. The Balaban J connectivity index is 2.30. The number of primary amides is 1. The van der Waals surface area contributed by atoms with Crippen LogP contribution in [-0.4, -0.2) is 25.7 Å². The van der Waals surface area contributed by atoms with Crippen molar-refractivity contribution in [1.82, 2.24) is 9.55 Å². The number of hydrogen-bond donors (Lipinski definition) is 3. The largest absolute Gasteiger partial charge is 0.507 e. The first-order valence-corrected chi connectivity index (χ1v) is 8.07. The zero-order valence-electron chi connectivity index (χ0n) is 10.4. The van der Waals surface area contributed by atoms with Crippen LogP contribution in [0.2, 0.25) is 0 Å². The zero-order chi connectivity index (χ0) is 15.7. The molecule has 1 unspecified atom stereocenters. The van der Waals surface area contributed by atoms with Crippen molar-refractivity contribution in [3.05, 3.63) is 43.3 Å². The summed E-state index contributed by atoms with van der Waals surface area (Å²) in [4.78, 5) is 15.4. The van der Waals surface area contributed by atoms with Crippen LogP contribution in [0.4, 0.5) is 0 Å². The van der Waals surface area contributed by atoms with Gasteiger partial charge in [-0.3, -0.25) is 4.79 Å². The maximum Gasteiger partial charge on any atom is 0.252 e. The Bertz CT molecular complexity index is 703. The Morgan fingerprint density at radius 1 is 1.38 bits per heavy atom. The lowest BCUT2D eigenvalue weighted by Crippen LogP contribution is -2.14. The summed E-state index contributed by atoms with van der Waals surface area (Å²) in [6, 6.07) is 4.23. The van der Waals surface area contributed by atoms with Crippen LogP contribution in [0.5, 0.6) is 5.75 Å². The highest BCUT2D eigenvalue weighted by atomic mass is 79.9. The second kappa shape index (κ2) is 6.47. The number of carbonyl (C=O) groups is 1. The lowest BCUT2D eigenvalue weighted by atomic mass is 10.0. The molecule has 0 bridgehead atoms. The van der Waals surface area contributed by atoms with E-state index in [0.29, 0.717) is 19.5 Å². The first kappa shape index (κ1) is 16.5. The predicted molar refractivity (Wildman–Crippen MR) is 86.9 cm³/mol. The Morgan fingerprint density at radius 3 is 2.57 bits per heavy atom. The van der Waals surface area contributed by atoms with Crippen molar-refractivity contribution in [3.8, 4) is 5.75 Å². The Morgan fingerprint density at radius 2 is 2.05 bits per heavy atom. The van der Waals surface area contributed by atoms with E-state index in [2.05, 4.69) is 52.8 Å². The van der Waals surface area contributed by atoms with Crippen LogP contribution >= 0.6 is 47.8 Å². The van der Waals surface area contributed by atoms with E-state index in [0.717, 1.165) is 0 Å². The van der Waals surface area contributed by atoms with Crippen LogP contribution in [-0.2, 0) is 6.54 Å². The average molecular weight is 484 g/mol. The third-order valence-corrected chi connectivity index (χ3v) is 5.34. The van der Waals surface area contributed by atoms with Crippen molar-refractivity contribution in [1.29, 1.82) is 0 Å². The molecule has 0 aliphatic carbocycles. The van der Waals surface area contributed by atoms with Crippen molar-refractivity contribution < 1.29 is 15.0 Å². The quantitative estimate of drug-likeness (QED) is 0.622. The van der Waals surface area contributed by atoms with Gasteiger partial charge in [0.05, 0.1) is 18.2 Å². The number of imidazole rings is 1. The smallest absolute Gasteiger partial charge is 0.252 e. The molecule has 0 saturated heterocycles. The number of aliphatic hydroxyl groups is 1. The SMILES string of the molecule is NC(=O)c1cc(C(O)Cn2c(Br)nc(Br)c2Br)ccc1O. The Labute approximate surface area is 145 Å². The summed E-state index contributed by atoms with van der Waals surface area (Å²) in [6.07, 6.45) is -0.905. The van der Waals surface area contributed by atoms with E-state index >= 15 is 0 Å². The third kappa shape index (κ3) is 3.47. The molecule has 2 aromatic rings. The van der Waals surface area contributed by atoms with E-state index in [1.165, 1.54) is 18.2 Å². The molecule has 1 aromatic heterocycles. The number of aromatic nitrogens is 2. The van der Waals surface area contributed by atoms with Gasteiger partial charge in [0.2, 0.25) is 0 Å². The Hall–Kier alpha value is -0.900. The first-order chi connectivity index (χ1) is 9.81. The van der Waals surface area contributed by atoms with Crippen molar-refractivity contribution in [3.63, 3.8) is 0 Å². The Kier molecular flexibility index (Phi) is 5.07. The number of nitrogens with zero attached hydrogens (tertiary/aromatic N) is 2. The van der Waals surface area contributed by atoms with E-state index in [9.17, 15) is 15.0 Å². The molecule has 0 radical (unpaired) electrons. The van der Waals surface area contributed by atoms with Crippen molar-refractivity contribution >= 4 is 53.7 Å². The fraction of sp³-hybridized carbons (Fsp3) is 0.167. The van der Waals surface area contributed by atoms with Crippen LogP contribution in [0.1, 0.15) is 22.0 Å². The molecule has 112 valence electrons. The van der Waals surface area contributed by atoms with E-state index in [4.69, 9.17) is 5.73 Å². The summed E-state index contributed by atoms with van der Waals surface area (Å²) in [7, 11) is 0. The van der Waals surface area contributed by atoms with Gasteiger partial charge in [0, 0.05) is 0 Å². The molecule has 21 heavy (non-hydrogen) atoms. The topological polar surface area (TPSA) is 101 Å². The second-order valence-corrected chi connectivity index (χ2v) is 6.44. The molecule has 0 spiro atoms. The van der Waals surface area contributed by atoms with Gasteiger partial charge in [-0.1, -0.05) is 6.07 Å². The fourth-order valence-corrected chi connectivity index (χ4v) is 3.53. The molecule has 6 nitrogen and oxygen atoms in total. The van der Waals surface area contributed by atoms with E-state index < -0.39 is 12.0 Å². The molecule has 0 fully saturated rings. The lowest BCUT2D eigenvalue weighted by Gasteiger charge is -2.14. The third-order valence-electron chi connectivity index (χ3n) is 2.85. The predicted octanol–water partition coefficient (Wildman–Crippen LogP) is 2.71. The van der Waals surface area contributed by atoms with Gasteiger partial charge in [0.25, 0.3) is 5.91 Å². The minimum Gasteiger partial charge on any atom is -0.507 e. The van der Waals surface area contributed by atoms with Crippen LogP contribution in [0, 0.1) is 0 Å². The normalized spacial score (nSPS) is 12.4. The highest BCUT2D eigenvalue weighted by molar-refractivity contribution is 9.13. The van der Waals surface area contributed by atoms with Gasteiger partial charge in [-0.15, -0.1) is 0 Å². The van der Waals surface area contributed by atoms with Crippen LogP contribution in [0.15, 0.2) is 32.1 Å². The molecular formula is C12H10Br3N3O3. The maximum absolute atomic E-state index is 11.2. The number of carbonyl (C=O) groups excluding carboxylic acids is 1. The molecule has 1 atom stereocenters. The standard InChI is InChI=1S/C12H10Br3N3O3/c13-9-10(14)18(12(15)17-9)4-8(20)5-1-2-7(19)6(3-5)11(16)21/h1-3,8,19-20H,4H2,(H2,16,21). The summed E-state index contributed by atoms with van der Waals surface area (Å²) in [5.41, 5.74) is 5.60. The van der Waals surface area contributed by atoms with Crippen LogP contribution < -0.4 is 5.73 Å². The molecule has 2 rings (SSSR count). The van der Waals surface area contributed by atoms with E-state index in [-0.39, 0.29) is 17.9 Å². The molecule has 0 aliphatic rings. The molecule has 1 amide bonds. The van der Waals surface area contributed by atoms with Gasteiger partial charge in [-0.25, -0.2) is 4.98 Å². The number of halogens is 3. The van der Waals surface area contributed by atoms with Gasteiger partial charge >= 0.3 is 0 Å². The van der Waals surface area contributed by atoms with Crippen molar-refractivity contribution in [2.24, 2.45) is 5.73 Å². The summed E-state index contributed by atoms with van der Waals surface area (Å²) >= 11 is 9.90. The molecule has 9 heteroatoms. The molecule has 0 aliphatic heterocycles.